The van der Waals surface area contributed by atoms with Gasteiger partial charge in [0.1, 0.15) is 4.90 Å². The van der Waals surface area contributed by atoms with Gasteiger partial charge in [-0.1, -0.05) is 35.9 Å². The quantitative estimate of drug-likeness (QED) is 0.867. The van der Waals surface area contributed by atoms with Gasteiger partial charge in [0, 0.05) is 12.2 Å². The van der Waals surface area contributed by atoms with Crippen molar-refractivity contribution >= 4 is 27.3 Å². The molecule has 2 aromatic rings. The molecule has 0 saturated carbocycles. The molecule has 0 radical (unpaired) electrons. The van der Waals surface area contributed by atoms with Gasteiger partial charge in [-0.05, 0) is 25.1 Å². The van der Waals surface area contributed by atoms with E-state index >= 15 is 0 Å². The molecule has 2 aromatic carbocycles. The molecule has 0 unspecified atom stereocenters. The highest BCUT2D eigenvalue weighted by Gasteiger charge is 2.21. The Hall–Kier alpha value is -1.63. The first kappa shape index (κ1) is 16.7. The number of nitrogens with one attached hydrogen (secondary N) is 1. The van der Waals surface area contributed by atoms with Crippen LogP contribution in [0.5, 0.6) is 0 Å². The third kappa shape index (κ3) is 3.76. The van der Waals surface area contributed by atoms with E-state index in [2.05, 4.69) is 4.72 Å². The summed E-state index contributed by atoms with van der Waals surface area (Å²) in [4.78, 5) is -0.494. The van der Waals surface area contributed by atoms with Crippen LogP contribution in [0.15, 0.2) is 47.4 Å². The number of hydrogen-bond acceptors (Lipinski definition) is 3. The number of hydrogen-bond donors (Lipinski definition) is 1. The van der Waals surface area contributed by atoms with Crippen molar-refractivity contribution in [1.82, 2.24) is 0 Å². The summed E-state index contributed by atoms with van der Waals surface area (Å²) in [6.45, 7) is 2.60. The van der Waals surface area contributed by atoms with E-state index in [1.807, 2.05) is 6.92 Å². The highest BCUT2D eigenvalue weighted by Crippen LogP contribution is 2.25. The Kier molecular flexibility index (Phi) is 5.39. The number of para-hydroxylation sites is 1. The summed E-state index contributed by atoms with van der Waals surface area (Å²) in [6, 6.07) is 10.6. The van der Waals surface area contributed by atoms with E-state index in [0.29, 0.717) is 17.9 Å². The Labute approximate surface area is 133 Å². The molecule has 0 spiro atoms. The fourth-order valence-corrected chi connectivity index (χ4v) is 3.28. The Balaban J connectivity index is 2.35. The molecular weight excluding hydrogens is 329 g/mol. The summed E-state index contributed by atoms with van der Waals surface area (Å²) in [5.74, 6) is -0.973. The van der Waals surface area contributed by atoms with E-state index in [0.717, 1.165) is 6.07 Å². The van der Waals surface area contributed by atoms with Crippen molar-refractivity contribution in [3.63, 3.8) is 0 Å². The molecular formula is C15H15ClFNO3S. The Bertz CT molecular complexity index is 765. The molecule has 22 heavy (non-hydrogen) atoms. The summed E-state index contributed by atoms with van der Waals surface area (Å²) in [6.07, 6.45) is 0. The number of anilines is 1. The maximum Gasteiger partial charge on any atom is 0.264 e. The van der Waals surface area contributed by atoms with Crippen molar-refractivity contribution in [1.29, 1.82) is 0 Å². The molecule has 1 N–H and O–H groups in total. The van der Waals surface area contributed by atoms with Crippen molar-refractivity contribution in [2.45, 2.75) is 18.4 Å². The van der Waals surface area contributed by atoms with Gasteiger partial charge in [-0.3, -0.25) is 4.72 Å². The van der Waals surface area contributed by atoms with Gasteiger partial charge in [0.2, 0.25) is 0 Å². The van der Waals surface area contributed by atoms with Gasteiger partial charge in [0.05, 0.1) is 17.3 Å². The van der Waals surface area contributed by atoms with Crippen molar-refractivity contribution < 1.29 is 17.5 Å². The fraction of sp³-hybridized carbons (Fsp3) is 0.200. The highest BCUT2D eigenvalue weighted by molar-refractivity contribution is 7.92. The summed E-state index contributed by atoms with van der Waals surface area (Å²) in [5, 5.41) is -0.245. The molecule has 0 aliphatic carbocycles. The van der Waals surface area contributed by atoms with E-state index in [4.69, 9.17) is 16.3 Å². The summed E-state index contributed by atoms with van der Waals surface area (Å²) in [5.41, 5.74) is 1.01. The van der Waals surface area contributed by atoms with Crippen molar-refractivity contribution in [3.05, 3.63) is 58.9 Å². The van der Waals surface area contributed by atoms with Gasteiger partial charge >= 0.3 is 0 Å². The SMILES string of the molecule is CCOCc1ccccc1NS(=O)(=O)c1cccc(Cl)c1F. The normalized spacial score (nSPS) is 11.4. The van der Waals surface area contributed by atoms with Gasteiger partial charge in [0.25, 0.3) is 10.0 Å². The number of benzene rings is 2. The molecule has 0 bridgehead atoms. The molecule has 2 rings (SSSR count). The average Bonchev–Trinajstić information content (AvgIpc) is 2.48. The second kappa shape index (κ2) is 7.09. The third-order valence-electron chi connectivity index (χ3n) is 2.93. The molecule has 4 nitrogen and oxygen atoms in total. The second-order valence-corrected chi connectivity index (χ2v) is 6.51. The van der Waals surface area contributed by atoms with E-state index in [9.17, 15) is 12.8 Å². The predicted molar refractivity (Wildman–Crippen MR) is 84.0 cm³/mol. The maximum atomic E-state index is 13.9. The van der Waals surface area contributed by atoms with Crippen LogP contribution < -0.4 is 4.72 Å². The van der Waals surface area contributed by atoms with Crippen molar-refractivity contribution in [3.8, 4) is 0 Å². The molecule has 0 saturated heterocycles. The lowest BCUT2D eigenvalue weighted by atomic mass is 10.2. The number of halogens is 2. The minimum absolute atomic E-state index is 0.245. The van der Waals surface area contributed by atoms with Crippen LogP contribution in [0, 0.1) is 5.82 Å². The van der Waals surface area contributed by atoms with Crippen molar-refractivity contribution in [2.24, 2.45) is 0 Å². The van der Waals surface area contributed by atoms with Crippen LogP contribution in [0.3, 0.4) is 0 Å². The van der Waals surface area contributed by atoms with Gasteiger partial charge in [-0.25, -0.2) is 12.8 Å². The van der Waals surface area contributed by atoms with E-state index < -0.39 is 20.7 Å². The minimum Gasteiger partial charge on any atom is -0.377 e. The lowest BCUT2D eigenvalue weighted by molar-refractivity contribution is 0.134. The third-order valence-corrected chi connectivity index (χ3v) is 4.60. The summed E-state index contributed by atoms with van der Waals surface area (Å²) in [7, 11) is -4.08. The first-order valence-corrected chi connectivity index (χ1v) is 8.44. The molecule has 118 valence electrons. The Morgan fingerprint density at radius 2 is 1.91 bits per heavy atom. The molecule has 7 heteroatoms. The summed E-state index contributed by atoms with van der Waals surface area (Å²) < 4.78 is 46.3. The Morgan fingerprint density at radius 3 is 2.64 bits per heavy atom. The Morgan fingerprint density at radius 1 is 1.18 bits per heavy atom. The average molecular weight is 344 g/mol. The first-order valence-electron chi connectivity index (χ1n) is 6.58. The smallest absolute Gasteiger partial charge is 0.264 e. The lowest BCUT2D eigenvalue weighted by Crippen LogP contribution is -2.16. The van der Waals surface area contributed by atoms with Crippen LogP contribution >= 0.6 is 11.6 Å². The first-order chi connectivity index (χ1) is 10.5. The zero-order valence-electron chi connectivity index (χ0n) is 11.8. The molecule has 0 amide bonds. The monoisotopic (exact) mass is 343 g/mol. The van der Waals surface area contributed by atoms with Crippen LogP contribution in [0.2, 0.25) is 5.02 Å². The second-order valence-electron chi connectivity index (χ2n) is 4.45. The molecule has 0 heterocycles. The standard InChI is InChI=1S/C15H15ClFNO3S/c1-2-21-10-11-6-3-4-8-13(11)18-22(19,20)14-9-5-7-12(16)15(14)17/h3-9,18H,2,10H2,1H3. The molecule has 0 aliphatic rings. The van der Waals surface area contributed by atoms with E-state index in [1.54, 1.807) is 24.3 Å². The van der Waals surface area contributed by atoms with Crippen LogP contribution in [0.1, 0.15) is 12.5 Å². The van der Waals surface area contributed by atoms with Gasteiger partial charge in [0.15, 0.2) is 5.82 Å². The van der Waals surface area contributed by atoms with Crippen LogP contribution in [-0.4, -0.2) is 15.0 Å². The summed E-state index contributed by atoms with van der Waals surface area (Å²) >= 11 is 5.64. The number of ether oxygens (including phenoxy) is 1. The molecule has 0 fully saturated rings. The minimum atomic E-state index is -4.08. The van der Waals surface area contributed by atoms with E-state index in [-0.39, 0.29) is 11.6 Å². The van der Waals surface area contributed by atoms with Gasteiger partial charge in [-0.15, -0.1) is 0 Å². The molecule has 0 aliphatic heterocycles. The number of sulfonamides is 1. The topological polar surface area (TPSA) is 55.4 Å². The molecule has 0 aromatic heterocycles. The van der Waals surface area contributed by atoms with E-state index in [1.165, 1.54) is 12.1 Å². The van der Waals surface area contributed by atoms with Crippen LogP contribution in [0.25, 0.3) is 0 Å². The van der Waals surface area contributed by atoms with Gasteiger partial charge < -0.3 is 4.74 Å². The predicted octanol–water partition coefficient (Wildman–Crippen LogP) is 3.82. The van der Waals surface area contributed by atoms with Gasteiger partial charge in [-0.2, -0.15) is 0 Å². The van der Waals surface area contributed by atoms with Crippen LogP contribution in [0.4, 0.5) is 10.1 Å². The zero-order chi connectivity index (χ0) is 16.2. The zero-order valence-corrected chi connectivity index (χ0v) is 13.4. The largest absolute Gasteiger partial charge is 0.377 e. The lowest BCUT2D eigenvalue weighted by Gasteiger charge is -2.13. The maximum absolute atomic E-state index is 13.9. The fourth-order valence-electron chi connectivity index (χ4n) is 1.85. The van der Waals surface area contributed by atoms with Crippen LogP contribution in [-0.2, 0) is 21.4 Å². The number of rotatable bonds is 6. The molecule has 0 atom stereocenters. The van der Waals surface area contributed by atoms with Crippen molar-refractivity contribution in [2.75, 3.05) is 11.3 Å². The highest BCUT2D eigenvalue weighted by atomic mass is 35.5.